The first-order valence-electron chi connectivity index (χ1n) is 25.9. The van der Waals surface area contributed by atoms with E-state index in [1.54, 1.807) is 0 Å². The van der Waals surface area contributed by atoms with Gasteiger partial charge >= 0.3 is 5.97 Å². The Morgan fingerprint density at radius 3 is 1.26 bits per heavy atom. The molecule has 0 bridgehead atoms. The van der Waals surface area contributed by atoms with Crippen LogP contribution in [0.4, 0.5) is 0 Å². The van der Waals surface area contributed by atoms with Gasteiger partial charge in [0.25, 0.3) is 0 Å². The van der Waals surface area contributed by atoms with Crippen molar-refractivity contribution in [3.8, 4) is 0 Å². The van der Waals surface area contributed by atoms with Gasteiger partial charge in [-0.05, 0) is 44.9 Å². The van der Waals surface area contributed by atoms with Crippen molar-refractivity contribution in [1.29, 1.82) is 0 Å². The summed E-state index contributed by atoms with van der Waals surface area (Å²) in [5.41, 5.74) is 0. The summed E-state index contributed by atoms with van der Waals surface area (Å²) < 4.78 is 5.90. The maximum absolute atomic E-state index is 13.2. The average molecular weight is 820 g/mol. The Kier molecular flexibility index (Phi) is 45.5. The molecule has 3 N–H and O–H groups in total. The summed E-state index contributed by atoms with van der Waals surface area (Å²) in [4.78, 5) is 26.1. The minimum Gasteiger partial charge on any atom is -0.462 e. The summed E-state index contributed by atoms with van der Waals surface area (Å²) in [5, 5.41) is 23.8. The molecule has 0 aliphatic heterocycles. The Balaban J connectivity index is 4.49. The minimum atomic E-state index is -0.788. The minimum absolute atomic E-state index is 0.0635. The fourth-order valence-electron chi connectivity index (χ4n) is 8.14. The summed E-state index contributed by atoms with van der Waals surface area (Å²) in [5.74, 6) is -0.488. The third-order valence-corrected chi connectivity index (χ3v) is 12.1. The highest BCUT2D eigenvalue weighted by Crippen LogP contribution is 2.18. The molecule has 0 radical (unpaired) electrons. The summed E-state index contributed by atoms with van der Waals surface area (Å²) in [6.45, 7) is 6.48. The van der Waals surface area contributed by atoms with Crippen molar-refractivity contribution in [1.82, 2.24) is 5.32 Å². The molecule has 3 atom stereocenters. The molecule has 0 aromatic rings. The number of unbranched alkanes of at least 4 members (excludes halogenated alkanes) is 33. The number of aliphatic hydroxyl groups excluding tert-OH is 2. The van der Waals surface area contributed by atoms with E-state index in [2.05, 4.69) is 38.2 Å². The van der Waals surface area contributed by atoms with Crippen LogP contribution in [0.25, 0.3) is 0 Å². The fourth-order valence-corrected chi connectivity index (χ4v) is 8.14. The van der Waals surface area contributed by atoms with Crippen LogP contribution in [0, 0.1) is 0 Å². The van der Waals surface area contributed by atoms with E-state index < -0.39 is 18.2 Å². The highest BCUT2D eigenvalue weighted by Gasteiger charge is 2.24. The number of carbonyl (C=O) groups is 2. The normalized spacial score (nSPS) is 13.3. The van der Waals surface area contributed by atoms with E-state index in [1.165, 1.54) is 186 Å². The van der Waals surface area contributed by atoms with Gasteiger partial charge < -0.3 is 20.3 Å². The van der Waals surface area contributed by atoms with Crippen molar-refractivity contribution in [3.63, 3.8) is 0 Å². The van der Waals surface area contributed by atoms with Gasteiger partial charge in [-0.3, -0.25) is 9.59 Å². The maximum atomic E-state index is 13.2. The molecule has 0 saturated heterocycles. The summed E-state index contributed by atoms with van der Waals surface area (Å²) in [6, 6.07) is -0.703. The van der Waals surface area contributed by atoms with Crippen LogP contribution in [0.3, 0.4) is 0 Å². The zero-order valence-electron chi connectivity index (χ0n) is 39.2. The molecule has 0 rings (SSSR count). The average Bonchev–Trinajstić information content (AvgIpc) is 3.22. The van der Waals surface area contributed by atoms with E-state index in [9.17, 15) is 19.8 Å². The number of allylic oxidation sites excluding steroid dienone is 2. The van der Waals surface area contributed by atoms with Gasteiger partial charge in [-0.15, -0.1) is 0 Å². The molecule has 0 aliphatic carbocycles. The topological polar surface area (TPSA) is 95.9 Å². The third kappa shape index (κ3) is 41.3. The number of esters is 1. The summed E-state index contributed by atoms with van der Waals surface area (Å²) >= 11 is 0. The van der Waals surface area contributed by atoms with Crippen LogP contribution in [0.1, 0.15) is 284 Å². The number of aliphatic hydroxyl groups is 2. The zero-order valence-corrected chi connectivity index (χ0v) is 39.2. The first-order chi connectivity index (χ1) is 28.5. The molecule has 0 aromatic heterocycles. The summed E-state index contributed by atoms with van der Waals surface area (Å²) in [6.07, 6.45) is 51.3. The second-order valence-electron chi connectivity index (χ2n) is 17.9. The number of amides is 1. The van der Waals surface area contributed by atoms with Crippen molar-refractivity contribution in [3.05, 3.63) is 12.2 Å². The molecule has 0 aromatic carbocycles. The molecule has 58 heavy (non-hydrogen) atoms. The maximum Gasteiger partial charge on any atom is 0.306 e. The van der Waals surface area contributed by atoms with Gasteiger partial charge in [0.2, 0.25) is 5.91 Å². The lowest BCUT2D eigenvalue weighted by atomic mass is 10.0. The van der Waals surface area contributed by atoms with E-state index in [0.717, 1.165) is 51.4 Å². The van der Waals surface area contributed by atoms with Gasteiger partial charge in [0, 0.05) is 6.42 Å². The van der Waals surface area contributed by atoms with Crippen LogP contribution in [-0.4, -0.2) is 46.9 Å². The summed E-state index contributed by atoms with van der Waals surface area (Å²) in [7, 11) is 0. The van der Waals surface area contributed by atoms with Crippen LogP contribution in [0.5, 0.6) is 0 Å². The number of hydrogen-bond acceptors (Lipinski definition) is 5. The predicted molar refractivity (Wildman–Crippen MR) is 250 cm³/mol. The molecule has 0 saturated carbocycles. The molecule has 0 fully saturated rings. The second kappa shape index (κ2) is 46.7. The van der Waals surface area contributed by atoms with Gasteiger partial charge in [0.15, 0.2) is 0 Å². The van der Waals surface area contributed by atoms with Gasteiger partial charge in [0.1, 0.15) is 6.10 Å². The molecule has 0 spiro atoms. The van der Waals surface area contributed by atoms with Crippen molar-refractivity contribution in [2.45, 2.75) is 302 Å². The van der Waals surface area contributed by atoms with E-state index in [1.807, 2.05) is 0 Å². The Labute approximate surface area is 361 Å². The zero-order chi connectivity index (χ0) is 42.4. The number of nitrogens with one attached hydrogen (secondary N) is 1. The van der Waals surface area contributed by atoms with Crippen LogP contribution >= 0.6 is 0 Å². The lowest BCUT2D eigenvalue weighted by molar-refractivity contribution is -0.151. The van der Waals surface area contributed by atoms with Crippen LogP contribution in [0.15, 0.2) is 12.2 Å². The van der Waals surface area contributed by atoms with Crippen molar-refractivity contribution in [2.75, 3.05) is 6.61 Å². The third-order valence-electron chi connectivity index (χ3n) is 12.1. The van der Waals surface area contributed by atoms with Crippen molar-refractivity contribution >= 4 is 11.9 Å². The molecule has 1 amide bonds. The Morgan fingerprint density at radius 2 is 0.845 bits per heavy atom. The largest absolute Gasteiger partial charge is 0.462 e. The van der Waals surface area contributed by atoms with Crippen LogP contribution < -0.4 is 5.32 Å². The molecule has 0 aliphatic rings. The van der Waals surface area contributed by atoms with Gasteiger partial charge in [0.05, 0.1) is 25.2 Å². The van der Waals surface area contributed by atoms with Gasteiger partial charge in [-0.1, -0.05) is 238 Å². The van der Waals surface area contributed by atoms with Gasteiger partial charge in [-0.2, -0.15) is 0 Å². The van der Waals surface area contributed by atoms with E-state index in [4.69, 9.17) is 4.74 Å². The molecule has 6 heteroatoms. The standard InChI is InChI=1S/C52H101NO5/c1-4-7-10-13-16-19-22-24-25-26-27-30-32-35-38-41-44-50(55)49(47-54)53-51(56)46-48(43-40-37-34-31-29-23-20-17-14-11-8-5-2)58-52(57)45-42-39-36-33-28-21-18-15-12-9-6-3/h31,34,48-50,54-55H,4-30,32-33,35-47H2,1-3H3,(H,53,56)/b34-31-. The quantitative estimate of drug-likeness (QED) is 0.0323. The van der Waals surface area contributed by atoms with Crippen molar-refractivity contribution in [2.24, 2.45) is 0 Å². The Morgan fingerprint density at radius 1 is 0.483 bits per heavy atom. The molecule has 6 nitrogen and oxygen atoms in total. The predicted octanol–water partition coefficient (Wildman–Crippen LogP) is 15.3. The van der Waals surface area contributed by atoms with Crippen molar-refractivity contribution < 1.29 is 24.5 Å². The van der Waals surface area contributed by atoms with E-state index in [-0.39, 0.29) is 24.9 Å². The number of ether oxygens (including phenoxy) is 1. The Hall–Kier alpha value is -1.40. The second-order valence-corrected chi connectivity index (χ2v) is 17.9. The fraction of sp³-hybridized carbons (Fsp3) is 0.923. The first-order valence-corrected chi connectivity index (χ1v) is 25.9. The molecular formula is C52H101NO5. The monoisotopic (exact) mass is 820 g/mol. The van der Waals surface area contributed by atoms with E-state index in [0.29, 0.717) is 19.3 Å². The smallest absolute Gasteiger partial charge is 0.306 e. The molecule has 0 heterocycles. The van der Waals surface area contributed by atoms with Crippen LogP contribution in [-0.2, 0) is 14.3 Å². The van der Waals surface area contributed by atoms with E-state index >= 15 is 0 Å². The molecule has 344 valence electrons. The Bertz CT molecular complexity index is 878. The van der Waals surface area contributed by atoms with Crippen LogP contribution in [0.2, 0.25) is 0 Å². The van der Waals surface area contributed by atoms with Gasteiger partial charge in [-0.25, -0.2) is 0 Å². The first kappa shape index (κ1) is 56.6. The SMILES string of the molecule is CCCCCCCCC/C=C\CCCC(CC(=O)NC(CO)C(O)CCCCCCCCCCCCCCCCCC)OC(=O)CCCCCCCCCCCCC. The molecular weight excluding hydrogens is 719 g/mol. The number of carbonyl (C=O) groups excluding carboxylic acids is 2. The lowest BCUT2D eigenvalue weighted by Crippen LogP contribution is -2.46. The highest BCUT2D eigenvalue weighted by atomic mass is 16.5. The lowest BCUT2D eigenvalue weighted by Gasteiger charge is -2.24. The number of hydrogen-bond donors (Lipinski definition) is 3. The molecule has 3 unspecified atom stereocenters. The number of rotatable bonds is 47. The highest BCUT2D eigenvalue weighted by molar-refractivity contribution is 5.77.